The van der Waals surface area contributed by atoms with Crippen LogP contribution in [-0.4, -0.2) is 0 Å². The minimum Gasteiger partial charge on any atom is -0.0622 e. The molecule has 0 atom stereocenters. The molecule has 82 heavy (non-hydrogen) atoms. The van der Waals surface area contributed by atoms with Crippen molar-refractivity contribution in [3.05, 3.63) is 328 Å². The molecule has 0 saturated carbocycles. The molecule has 382 valence electrons. The second kappa shape index (κ2) is 20.9. The van der Waals surface area contributed by atoms with Gasteiger partial charge in [-0.2, -0.15) is 0 Å². The minimum atomic E-state index is 1.22. The SMILES string of the molecule is c1ccc(-c2cc(-c3ccccc3)cc(-c3c4ccccc4c(-c4ccc5ccccc5c4)c4ccccc34)c2)cc1.c1ccc2cc(-c3c4ccccc4c(-c4ccc(-c5cccc6ccccc56)cc4)c4ccccc34)ccc2c1. The Labute approximate surface area is 478 Å². The number of hydrogen-bond donors (Lipinski definition) is 0. The third-order valence-corrected chi connectivity index (χ3v) is 16.6. The molecule has 16 rings (SSSR count). The van der Waals surface area contributed by atoms with Gasteiger partial charge in [-0.05, 0) is 184 Å². The van der Waals surface area contributed by atoms with Crippen molar-refractivity contribution in [3.8, 4) is 77.9 Å². The summed E-state index contributed by atoms with van der Waals surface area (Å²) in [7, 11) is 0. The van der Waals surface area contributed by atoms with E-state index < -0.39 is 0 Å². The first-order valence-electron chi connectivity index (χ1n) is 28.4. The summed E-state index contributed by atoms with van der Waals surface area (Å²) in [5.41, 5.74) is 17.5. The van der Waals surface area contributed by atoms with Crippen molar-refractivity contribution < 1.29 is 0 Å². The average molecular weight is 1040 g/mol. The molecule has 0 amide bonds. The highest BCUT2D eigenvalue weighted by atomic mass is 14.2. The molecule has 0 heterocycles. The van der Waals surface area contributed by atoms with Crippen LogP contribution < -0.4 is 0 Å². The van der Waals surface area contributed by atoms with Crippen molar-refractivity contribution in [2.75, 3.05) is 0 Å². The van der Waals surface area contributed by atoms with Crippen molar-refractivity contribution in [2.45, 2.75) is 0 Å². The normalized spacial score (nSPS) is 11.4. The predicted molar refractivity (Wildman–Crippen MR) is 353 cm³/mol. The van der Waals surface area contributed by atoms with E-state index in [2.05, 4.69) is 328 Å². The number of rotatable bonds is 7. The largest absolute Gasteiger partial charge is 0.0622 e. The summed E-state index contributed by atoms with van der Waals surface area (Å²) in [4.78, 5) is 0. The van der Waals surface area contributed by atoms with E-state index in [1.165, 1.54) is 153 Å². The molecule has 0 unspecified atom stereocenters. The highest BCUT2D eigenvalue weighted by Gasteiger charge is 2.20. The fraction of sp³-hybridized carbons (Fsp3) is 0. The maximum Gasteiger partial charge on any atom is -0.00259 e. The average Bonchev–Trinajstić information content (AvgIpc) is 3.33. The van der Waals surface area contributed by atoms with Crippen molar-refractivity contribution in [2.24, 2.45) is 0 Å². The molecule has 0 fully saturated rings. The fourth-order valence-corrected chi connectivity index (χ4v) is 12.9. The van der Waals surface area contributed by atoms with Gasteiger partial charge in [0, 0.05) is 0 Å². The van der Waals surface area contributed by atoms with Gasteiger partial charge in [0.15, 0.2) is 0 Å². The lowest BCUT2D eigenvalue weighted by molar-refractivity contribution is 1.58. The summed E-state index contributed by atoms with van der Waals surface area (Å²) in [5.74, 6) is 0. The van der Waals surface area contributed by atoms with Gasteiger partial charge in [-0.15, -0.1) is 0 Å². The Hall–Kier alpha value is -10.7. The fourth-order valence-electron chi connectivity index (χ4n) is 12.9. The van der Waals surface area contributed by atoms with E-state index in [0.29, 0.717) is 0 Å². The van der Waals surface area contributed by atoms with E-state index in [1.54, 1.807) is 0 Å². The van der Waals surface area contributed by atoms with E-state index in [-0.39, 0.29) is 0 Å². The molecule has 0 bridgehead atoms. The van der Waals surface area contributed by atoms with E-state index in [9.17, 15) is 0 Å². The summed E-state index contributed by atoms with van der Waals surface area (Å²) < 4.78 is 0. The Morgan fingerprint density at radius 3 is 0.841 bits per heavy atom. The number of benzene rings is 16. The molecule has 0 N–H and O–H groups in total. The summed E-state index contributed by atoms with van der Waals surface area (Å²) >= 11 is 0. The molecule has 0 spiro atoms. The van der Waals surface area contributed by atoms with Crippen LogP contribution in [0.5, 0.6) is 0 Å². The van der Waals surface area contributed by atoms with Gasteiger partial charge >= 0.3 is 0 Å². The van der Waals surface area contributed by atoms with Crippen LogP contribution in [0.25, 0.3) is 153 Å². The van der Waals surface area contributed by atoms with Crippen LogP contribution in [-0.2, 0) is 0 Å². The molecule has 0 aliphatic carbocycles. The maximum absolute atomic E-state index is 2.37. The number of fused-ring (bicyclic) bond motifs is 7. The van der Waals surface area contributed by atoms with Gasteiger partial charge in [0.2, 0.25) is 0 Å². The van der Waals surface area contributed by atoms with Crippen LogP contribution in [0.3, 0.4) is 0 Å². The van der Waals surface area contributed by atoms with E-state index in [4.69, 9.17) is 0 Å². The van der Waals surface area contributed by atoms with Gasteiger partial charge in [0.05, 0.1) is 0 Å². The minimum absolute atomic E-state index is 1.22. The van der Waals surface area contributed by atoms with Crippen molar-refractivity contribution in [1.29, 1.82) is 0 Å². The molecule has 0 aliphatic rings. The van der Waals surface area contributed by atoms with Crippen LogP contribution in [0.1, 0.15) is 0 Å². The van der Waals surface area contributed by atoms with Gasteiger partial charge in [-0.3, -0.25) is 0 Å². The lowest BCUT2D eigenvalue weighted by atomic mass is 9.84. The zero-order chi connectivity index (χ0) is 54.3. The number of hydrogen-bond acceptors (Lipinski definition) is 0. The molecule has 0 aromatic heterocycles. The van der Waals surface area contributed by atoms with Crippen LogP contribution in [0.15, 0.2) is 328 Å². The van der Waals surface area contributed by atoms with E-state index >= 15 is 0 Å². The second-order valence-electron chi connectivity index (χ2n) is 21.4. The van der Waals surface area contributed by atoms with Gasteiger partial charge in [-0.1, -0.05) is 297 Å². The van der Waals surface area contributed by atoms with Crippen LogP contribution in [0.2, 0.25) is 0 Å². The molecule has 0 heteroatoms. The molecule has 0 saturated heterocycles. The highest BCUT2D eigenvalue weighted by molar-refractivity contribution is 6.23. The first-order valence-corrected chi connectivity index (χ1v) is 28.4. The second-order valence-corrected chi connectivity index (χ2v) is 21.4. The molecular weight excluding hydrogens is 985 g/mol. The van der Waals surface area contributed by atoms with Crippen molar-refractivity contribution >= 4 is 75.4 Å². The van der Waals surface area contributed by atoms with Gasteiger partial charge in [0.1, 0.15) is 0 Å². The highest BCUT2D eigenvalue weighted by Crippen LogP contribution is 2.47. The summed E-state index contributed by atoms with van der Waals surface area (Å²) in [6.07, 6.45) is 0. The third kappa shape index (κ3) is 8.75. The Morgan fingerprint density at radius 2 is 0.415 bits per heavy atom. The first kappa shape index (κ1) is 48.5. The Bertz CT molecular complexity index is 4890. The zero-order valence-corrected chi connectivity index (χ0v) is 45.2. The zero-order valence-electron chi connectivity index (χ0n) is 45.2. The van der Waals surface area contributed by atoms with Crippen LogP contribution >= 0.6 is 0 Å². The van der Waals surface area contributed by atoms with Crippen LogP contribution in [0.4, 0.5) is 0 Å². The topological polar surface area (TPSA) is 0 Å². The molecule has 0 aliphatic heterocycles. The predicted octanol–water partition coefficient (Wildman–Crippen LogP) is 23.1. The Kier molecular flexibility index (Phi) is 12.3. The Morgan fingerprint density at radius 1 is 0.122 bits per heavy atom. The first-order chi connectivity index (χ1) is 40.7. The van der Waals surface area contributed by atoms with Crippen molar-refractivity contribution in [1.82, 2.24) is 0 Å². The Balaban J connectivity index is 0.000000141. The monoisotopic (exact) mass is 1040 g/mol. The summed E-state index contributed by atoms with van der Waals surface area (Å²) in [6, 6.07) is 119. The van der Waals surface area contributed by atoms with Gasteiger partial charge in [-0.25, -0.2) is 0 Å². The smallest absolute Gasteiger partial charge is 0.00259 e. The summed E-state index contributed by atoms with van der Waals surface area (Å²) in [5, 5.41) is 17.8. The van der Waals surface area contributed by atoms with Crippen molar-refractivity contribution in [3.63, 3.8) is 0 Å². The van der Waals surface area contributed by atoms with E-state index in [0.717, 1.165) is 0 Å². The molecule has 0 nitrogen and oxygen atoms in total. The van der Waals surface area contributed by atoms with Gasteiger partial charge < -0.3 is 0 Å². The third-order valence-electron chi connectivity index (χ3n) is 16.6. The lowest BCUT2D eigenvalue weighted by Gasteiger charge is -2.19. The quantitative estimate of drug-likeness (QED) is 0.140. The standard InChI is InChI=1S/C42H28.C40H26/c1-3-13-29(14-4-1)34-26-35(30-15-5-2-6-16-30)28-36(27-34)42-39-21-11-9-19-37(39)41(38-20-10-12-22-40(38)42)33-24-23-31-17-7-8-18-32(31)25-33;1-2-12-31-26-32(25-20-27(31)10-1)40-37-17-7-5-15-35(37)39(36-16-6-8-18-38(36)40)30-23-21-29(22-24-30)34-19-9-13-28-11-3-4-14-33(28)34/h1-28H;1-26H. The molecule has 16 aromatic rings. The molecule has 0 radical (unpaired) electrons. The van der Waals surface area contributed by atoms with Crippen LogP contribution in [0, 0.1) is 0 Å². The van der Waals surface area contributed by atoms with Gasteiger partial charge in [0.25, 0.3) is 0 Å². The lowest BCUT2D eigenvalue weighted by Crippen LogP contribution is -1.92. The molecular formula is C82H54. The molecule has 16 aromatic carbocycles. The summed E-state index contributed by atoms with van der Waals surface area (Å²) in [6.45, 7) is 0. The van der Waals surface area contributed by atoms with E-state index in [1.807, 2.05) is 0 Å². The maximum atomic E-state index is 2.37.